The first kappa shape index (κ1) is 13.1. The number of amides is 1. The Hall–Kier alpha value is -1.39. The standard InChI is InChI=1S/C14H20N2O2/c1-11-5-7-12(8-6-11)14(17)16-9-3-2-4-13(16)10-18-15/h5-8,13H,2-4,9-10,15H2,1H3. The number of likely N-dealkylation sites (tertiary alicyclic amines) is 1. The van der Waals surface area contributed by atoms with E-state index in [2.05, 4.69) is 0 Å². The maximum Gasteiger partial charge on any atom is 0.254 e. The summed E-state index contributed by atoms with van der Waals surface area (Å²) < 4.78 is 0. The van der Waals surface area contributed by atoms with Gasteiger partial charge in [0.25, 0.3) is 5.91 Å². The molecule has 0 saturated carbocycles. The van der Waals surface area contributed by atoms with Crippen molar-refractivity contribution in [3.63, 3.8) is 0 Å². The Bertz CT molecular complexity index is 401. The lowest BCUT2D eigenvalue weighted by Crippen LogP contribution is -2.46. The molecule has 4 nitrogen and oxygen atoms in total. The lowest BCUT2D eigenvalue weighted by molar-refractivity contribution is 0.0314. The summed E-state index contributed by atoms with van der Waals surface area (Å²) in [6.45, 7) is 3.22. The fourth-order valence-corrected chi connectivity index (χ4v) is 2.41. The number of carbonyl (C=O) groups is 1. The zero-order chi connectivity index (χ0) is 13.0. The SMILES string of the molecule is Cc1ccc(C(=O)N2CCCCC2CON)cc1. The van der Waals surface area contributed by atoms with E-state index in [0.717, 1.165) is 36.9 Å². The smallest absolute Gasteiger partial charge is 0.254 e. The lowest BCUT2D eigenvalue weighted by Gasteiger charge is -2.35. The third kappa shape index (κ3) is 2.89. The van der Waals surface area contributed by atoms with Crippen molar-refractivity contribution in [2.75, 3.05) is 13.2 Å². The predicted octanol–water partition coefficient (Wildman–Crippen LogP) is 1.88. The van der Waals surface area contributed by atoms with Crippen molar-refractivity contribution in [1.82, 2.24) is 4.90 Å². The monoisotopic (exact) mass is 248 g/mol. The van der Waals surface area contributed by atoms with Crippen molar-refractivity contribution in [3.05, 3.63) is 35.4 Å². The minimum Gasteiger partial charge on any atom is -0.333 e. The Morgan fingerprint density at radius 1 is 1.39 bits per heavy atom. The molecule has 1 aromatic rings. The first-order valence-corrected chi connectivity index (χ1v) is 6.41. The second kappa shape index (κ2) is 5.98. The highest BCUT2D eigenvalue weighted by Gasteiger charge is 2.27. The number of hydrogen-bond acceptors (Lipinski definition) is 3. The zero-order valence-electron chi connectivity index (χ0n) is 10.8. The van der Waals surface area contributed by atoms with Crippen LogP contribution in [0.2, 0.25) is 0 Å². The van der Waals surface area contributed by atoms with Crippen LogP contribution in [0.3, 0.4) is 0 Å². The van der Waals surface area contributed by atoms with Gasteiger partial charge in [-0.25, -0.2) is 5.90 Å². The third-order valence-electron chi connectivity index (χ3n) is 3.48. The molecule has 1 unspecified atom stereocenters. The minimum atomic E-state index is 0.0803. The summed E-state index contributed by atoms with van der Waals surface area (Å²) in [4.78, 5) is 19.0. The van der Waals surface area contributed by atoms with Crippen LogP contribution in [-0.4, -0.2) is 30.0 Å². The van der Waals surface area contributed by atoms with Gasteiger partial charge in [-0.3, -0.25) is 4.79 Å². The van der Waals surface area contributed by atoms with E-state index >= 15 is 0 Å². The summed E-state index contributed by atoms with van der Waals surface area (Å²) >= 11 is 0. The number of piperidine rings is 1. The third-order valence-corrected chi connectivity index (χ3v) is 3.48. The molecule has 0 aromatic heterocycles. The number of nitrogens with two attached hydrogens (primary N) is 1. The van der Waals surface area contributed by atoms with Crippen LogP contribution < -0.4 is 5.90 Å². The van der Waals surface area contributed by atoms with Gasteiger partial charge in [0.15, 0.2) is 0 Å². The number of carbonyl (C=O) groups excluding carboxylic acids is 1. The number of benzene rings is 1. The number of rotatable bonds is 3. The molecular weight excluding hydrogens is 228 g/mol. The average Bonchev–Trinajstić information content (AvgIpc) is 2.40. The molecule has 4 heteroatoms. The summed E-state index contributed by atoms with van der Waals surface area (Å²) in [7, 11) is 0. The fraction of sp³-hybridized carbons (Fsp3) is 0.500. The molecule has 1 atom stereocenters. The molecule has 1 heterocycles. The molecule has 0 radical (unpaired) electrons. The van der Waals surface area contributed by atoms with Gasteiger partial charge in [0, 0.05) is 12.1 Å². The fourth-order valence-electron chi connectivity index (χ4n) is 2.41. The Balaban J connectivity index is 2.12. The van der Waals surface area contributed by atoms with E-state index in [1.54, 1.807) is 0 Å². The Morgan fingerprint density at radius 3 is 2.78 bits per heavy atom. The molecule has 0 spiro atoms. The molecule has 1 amide bonds. The van der Waals surface area contributed by atoms with E-state index < -0.39 is 0 Å². The number of aryl methyl sites for hydroxylation is 1. The first-order chi connectivity index (χ1) is 8.72. The van der Waals surface area contributed by atoms with Gasteiger partial charge >= 0.3 is 0 Å². The Labute approximate surface area is 108 Å². The van der Waals surface area contributed by atoms with E-state index in [4.69, 9.17) is 10.7 Å². The molecule has 1 aliphatic heterocycles. The molecule has 1 aromatic carbocycles. The molecule has 98 valence electrons. The van der Waals surface area contributed by atoms with Crippen LogP contribution in [0.1, 0.15) is 35.2 Å². The highest BCUT2D eigenvalue weighted by molar-refractivity contribution is 5.94. The van der Waals surface area contributed by atoms with E-state index in [1.807, 2.05) is 36.1 Å². The average molecular weight is 248 g/mol. The second-order valence-electron chi connectivity index (χ2n) is 4.85. The van der Waals surface area contributed by atoms with E-state index in [9.17, 15) is 4.79 Å². The largest absolute Gasteiger partial charge is 0.333 e. The molecule has 1 fully saturated rings. The summed E-state index contributed by atoms with van der Waals surface area (Å²) in [6, 6.07) is 7.80. The van der Waals surface area contributed by atoms with Gasteiger partial charge in [-0.1, -0.05) is 17.7 Å². The highest BCUT2D eigenvalue weighted by Crippen LogP contribution is 2.20. The molecule has 2 rings (SSSR count). The lowest BCUT2D eigenvalue weighted by atomic mass is 10.0. The highest BCUT2D eigenvalue weighted by atomic mass is 16.6. The van der Waals surface area contributed by atoms with Crippen LogP contribution in [0.5, 0.6) is 0 Å². The summed E-state index contributed by atoms with van der Waals surface area (Å²) in [5.74, 6) is 5.22. The Kier molecular flexibility index (Phi) is 4.33. The van der Waals surface area contributed by atoms with Crippen LogP contribution in [0.25, 0.3) is 0 Å². The van der Waals surface area contributed by atoms with Gasteiger partial charge in [-0.2, -0.15) is 0 Å². The molecule has 1 aliphatic rings. The van der Waals surface area contributed by atoms with Crippen molar-refractivity contribution >= 4 is 5.91 Å². The normalized spacial score (nSPS) is 19.9. The van der Waals surface area contributed by atoms with Gasteiger partial charge in [-0.15, -0.1) is 0 Å². The van der Waals surface area contributed by atoms with Crippen LogP contribution >= 0.6 is 0 Å². The Morgan fingerprint density at radius 2 is 2.11 bits per heavy atom. The number of nitrogens with zero attached hydrogens (tertiary/aromatic N) is 1. The molecule has 2 N–H and O–H groups in total. The summed E-state index contributed by atoms with van der Waals surface area (Å²) in [6.07, 6.45) is 3.15. The summed E-state index contributed by atoms with van der Waals surface area (Å²) in [5, 5.41) is 0. The summed E-state index contributed by atoms with van der Waals surface area (Å²) in [5.41, 5.74) is 1.90. The van der Waals surface area contributed by atoms with Crippen LogP contribution in [-0.2, 0) is 4.84 Å². The minimum absolute atomic E-state index is 0.0803. The van der Waals surface area contributed by atoms with Gasteiger partial charge in [0.2, 0.25) is 0 Å². The molecule has 18 heavy (non-hydrogen) atoms. The van der Waals surface area contributed by atoms with Crippen LogP contribution in [0.4, 0.5) is 0 Å². The first-order valence-electron chi connectivity index (χ1n) is 6.41. The quantitative estimate of drug-likeness (QED) is 0.831. The van der Waals surface area contributed by atoms with Gasteiger partial charge in [-0.05, 0) is 38.3 Å². The van der Waals surface area contributed by atoms with Crippen molar-refractivity contribution in [2.45, 2.75) is 32.2 Å². The van der Waals surface area contributed by atoms with Crippen molar-refractivity contribution in [1.29, 1.82) is 0 Å². The van der Waals surface area contributed by atoms with Crippen LogP contribution in [0.15, 0.2) is 24.3 Å². The van der Waals surface area contributed by atoms with E-state index in [-0.39, 0.29) is 11.9 Å². The van der Waals surface area contributed by atoms with Crippen LogP contribution in [0, 0.1) is 6.92 Å². The van der Waals surface area contributed by atoms with Gasteiger partial charge in [0.1, 0.15) is 0 Å². The maximum atomic E-state index is 12.4. The van der Waals surface area contributed by atoms with Crippen molar-refractivity contribution in [3.8, 4) is 0 Å². The van der Waals surface area contributed by atoms with Gasteiger partial charge < -0.3 is 9.74 Å². The topological polar surface area (TPSA) is 55.6 Å². The van der Waals surface area contributed by atoms with Crippen molar-refractivity contribution < 1.29 is 9.63 Å². The van der Waals surface area contributed by atoms with E-state index in [1.165, 1.54) is 0 Å². The number of hydrogen-bond donors (Lipinski definition) is 1. The molecule has 0 bridgehead atoms. The van der Waals surface area contributed by atoms with Crippen molar-refractivity contribution in [2.24, 2.45) is 5.90 Å². The zero-order valence-corrected chi connectivity index (χ0v) is 10.8. The molecule has 1 saturated heterocycles. The maximum absolute atomic E-state index is 12.4. The molecular formula is C14H20N2O2. The van der Waals surface area contributed by atoms with Gasteiger partial charge in [0.05, 0.1) is 12.6 Å². The molecule has 0 aliphatic carbocycles. The van der Waals surface area contributed by atoms with E-state index in [0.29, 0.717) is 6.61 Å². The second-order valence-corrected chi connectivity index (χ2v) is 4.85. The predicted molar refractivity (Wildman–Crippen MR) is 70.0 cm³/mol.